The largest absolute Gasteiger partial charge is 0.495 e. The molecule has 3 aliphatic heterocycles. The first kappa shape index (κ1) is 25.6. The lowest BCUT2D eigenvalue weighted by Crippen LogP contribution is -2.54. The molecule has 3 aliphatic rings. The van der Waals surface area contributed by atoms with Crippen LogP contribution in [-0.2, 0) is 11.3 Å². The van der Waals surface area contributed by atoms with Crippen molar-refractivity contribution >= 4 is 28.4 Å². The third-order valence-corrected chi connectivity index (χ3v) is 8.62. The number of carbonyl (C=O) groups excluding carboxylic acids is 2. The van der Waals surface area contributed by atoms with Crippen LogP contribution in [0.4, 0.5) is 14.9 Å². The SMILES string of the molecule is COc1ccccc1NC(=O)[C@@H]1CCCN1C(=O)NC1CC2CCC(C1)N2Cc1ccc2cc(F)ccc2c1. The number of urea groups is 1. The van der Waals surface area contributed by atoms with Crippen LogP contribution in [0.25, 0.3) is 10.8 Å². The lowest BCUT2D eigenvalue weighted by atomic mass is 9.96. The van der Waals surface area contributed by atoms with E-state index in [-0.39, 0.29) is 23.8 Å². The summed E-state index contributed by atoms with van der Waals surface area (Å²) in [4.78, 5) is 30.7. The number of likely N-dealkylation sites (tertiary alicyclic amines) is 1. The molecular formula is C31H35FN4O3. The molecule has 3 atom stereocenters. The topological polar surface area (TPSA) is 73.9 Å². The molecule has 3 fully saturated rings. The molecule has 0 aliphatic carbocycles. The van der Waals surface area contributed by atoms with Gasteiger partial charge < -0.3 is 20.3 Å². The standard InChI is InChI=1S/C31H35FN4O3/c1-39-29-7-3-2-5-27(29)34-30(37)28-6-4-14-35(28)31(38)33-24-17-25-12-13-26(18-24)36(25)19-20-8-9-22-16-23(32)11-10-21(22)15-20/h2-3,5,7-11,15-16,24-26,28H,4,6,12-14,17-19H2,1H3,(H,33,38)(H,34,37)/t24?,25?,26?,28-/m0/s1. The molecule has 3 aromatic carbocycles. The molecule has 2 N–H and O–H groups in total. The van der Waals surface area contributed by atoms with Gasteiger partial charge in [-0.05, 0) is 85.2 Å². The summed E-state index contributed by atoms with van der Waals surface area (Å²) in [5.74, 6) is 0.203. The molecule has 3 amide bonds. The minimum Gasteiger partial charge on any atom is -0.495 e. The van der Waals surface area contributed by atoms with Crippen molar-refractivity contribution in [3.05, 3.63) is 72.0 Å². The zero-order chi connectivity index (χ0) is 26.9. The normalized spacial score (nSPS) is 24.6. The van der Waals surface area contributed by atoms with Crippen molar-refractivity contribution in [2.24, 2.45) is 0 Å². The van der Waals surface area contributed by atoms with Crippen molar-refractivity contribution in [1.29, 1.82) is 0 Å². The molecule has 2 unspecified atom stereocenters. The van der Waals surface area contributed by atoms with E-state index in [0.717, 1.165) is 49.4 Å². The van der Waals surface area contributed by atoms with E-state index in [2.05, 4.69) is 27.7 Å². The highest BCUT2D eigenvalue weighted by molar-refractivity contribution is 5.98. The van der Waals surface area contributed by atoms with Crippen molar-refractivity contribution in [3.8, 4) is 5.75 Å². The summed E-state index contributed by atoms with van der Waals surface area (Å²) < 4.78 is 18.9. The van der Waals surface area contributed by atoms with E-state index in [0.29, 0.717) is 36.5 Å². The average molecular weight is 531 g/mol. The molecule has 8 heteroatoms. The van der Waals surface area contributed by atoms with Gasteiger partial charge in [0.1, 0.15) is 17.6 Å². The Bertz CT molecular complexity index is 1370. The lowest BCUT2D eigenvalue weighted by Gasteiger charge is -2.40. The molecular weight excluding hydrogens is 495 g/mol. The second-order valence-corrected chi connectivity index (χ2v) is 11.0. The van der Waals surface area contributed by atoms with Gasteiger partial charge in [0.15, 0.2) is 0 Å². The molecule has 0 radical (unpaired) electrons. The molecule has 3 saturated heterocycles. The van der Waals surface area contributed by atoms with Gasteiger partial charge in [0.25, 0.3) is 0 Å². The summed E-state index contributed by atoms with van der Waals surface area (Å²) in [7, 11) is 1.57. The summed E-state index contributed by atoms with van der Waals surface area (Å²) in [6.45, 7) is 1.44. The molecule has 7 nitrogen and oxygen atoms in total. The molecule has 204 valence electrons. The van der Waals surface area contributed by atoms with E-state index in [4.69, 9.17) is 4.74 Å². The predicted molar refractivity (Wildman–Crippen MR) is 149 cm³/mol. The molecule has 3 heterocycles. The second-order valence-electron chi connectivity index (χ2n) is 11.0. The smallest absolute Gasteiger partial charge is 0.318 e. The third kappa shape index (κ3) is 5.30. The number of nitrogens with zero attached hydrogens (tertiary/aromatic N) is 2. The number of ether oxygens (including phenoxy) is 1. The minimum absolute atomic E-state index is 0.101. The fourth-order valence-electron chi connectivity index (χ4n) is 6.73. The Hall–Kier alpha value is -3.65. The summed E-state index contributed by atoms with van der Waals surface area (Å²) in [5.41, 5.74) is 1.84. The fourth-order valence-corrected chi connectivity index (χ4v) is 6.73. The molecule has 3 aromatic rings. The van der Waals surface area contributed by atoms with Crippen LogP contribution < -0.4 is 15.4 Å². The second kappa shape index (κ2) is 10.8. The number of piperidine rings is 1. The number of anilines is 1. The molecule has 6 rings (SSSR count). The Kier molecular flexibility index (Phi) is 7.12. The van der Waals surface area contributed by atoms with Crippen molar-refractivity contribution < 1.29 is 18.7 Å². The van der Waals surface area contributed by atoms with Crippen LogP contribution in [0.15, 0.2) is 60.7 Å². The lowest BCUT2D eigenvalue weighted by molar-refractivity contribution is -0.119. The van der Waals surface area contributed by atoms with E-state index in [1.165, 1.54) is 11.6 Å². The van der Waals surface area contributed by atoms with Gasteiger partial charge in [-0.3, -0.25) is 9.69 Å². The van der Waals surface area contributed by atoms with Gasteiger partial charge in [0.05, 0.1) is 12.8 Å². The van der Waals surface area contributed by atoms with Crippen LogP contribution in [0.5, 0.6) is 5.75 Å². The summed E-state index contributed by atoms with van der Waals surface area (Å²) in [6, 6.07) is 18.8. The van der Waals surface area contributed by atoms with Gasteiger partial charge >= 0.3 is 6.03 Å². The van der Waals surface area contributed by atoms with Gasteiger partial charge in [-0.25, -0.2) is 9.18 Å². The van der Waals surface area contributed by atoms with Crippen LogP contribution in [0.1, 0.15) is 44.1 Å². The van der Waals surface area contributed by atoms with E-state index in [9.17, 15) is 14.0 Å². The highest BCUT2D eigenvalue weighted by atomic mass is 19.1. The van der Waals surface area contributed by atoms with Crippen molar-refractivity contribution in [2.45, 2.75) is 69.2 Å². The maximum absolute atomic E-state index is 13.6. The van der Waals surface area contributed by atoms with E-state index >= 15 is 0 Å². The van der Waals surface area contributed by atoms with E-state index in [1.807, 2.05) is 24.3 Å². The number of methoxy groups -OCH3 is 1. The van der Waals surface area contributed by atoms with Crippen LogP contribution in [0.3, 0.4) is 0 Å². The number of carbonyl (C=O) groups is 2. The first-order valence-electron chi connectivity index (χ1n) is 13.9. The number of amides is 3. The number of hydrogen-bond acceptors (Lipinski definition) is 4. The molecule has 0 spiro atoms. The fraction of sp³-hybridized carbons (Fsp3) is 0.419. The van der Waals surface area contributed by atoms with Gasteiger partial charge in [0, 0.05) is 31.2 Å². The Morgan fingerprint density at radius 2 is 1.72 bits per heavy atom. The number of nitrogens with one attached hydrogen (secondary N) is 2. The van der Waals surface area contributed by atoms with E-state index in [1.54, 1.807) is 30.2 Å². The molecule has 2 bridgehead atoms. The van der Waals surface area contributed by atoms with E-state index < -0.39 is 6.04 Å². The number of halogens is 1. The number of para-hydroxylation sites is 2. The van der Waals surface area contributed by atoms with Gasteiger partial charge in [-0.1, -0.05) is 30.3 Å². The first-order valence-corrected chi connectivity index (χ1v) is 13.9. The number of fused-ring (bicyclic) bond motifs is 3. The van der Waals surface area contributed by atoms with Crippen molar-refractivity contribution in [3.63, 3.8) is 0 Å². The van der Waals surface area contributed by atoms with Crippen LogP contribution in [-0.4, -0.2) is 59.6 Å². The van der Waals surface area contributed by atoms with Gasteiger partial charge in [-0.15, -0.1) is 0 Å². The Labute approximate surface area is 228 Å². The quantitative estimate of drug-likeness (QED) is 0.454. The maximum Gasteiger partial charge on any atom is 0.318 e. The van der Waals surface area contributed by atoms with Crippen LogP contribution >= 0.6 is 0 Å². The summed E-state index contributed by atoms with van der Waals surface area (Å²) in [5, 5.41) is 8.19. The Balaban J connectivity index is 1.06. The number of benzene rings is 3. The number of rotatable bonds is 6. The highest BCUT2D eigenvalue weighted by Crippen LogP contribution is 2.37. The molecule has 39 heavy (non-hydrogen) atoms. The Morgan fingerprint density at radius 1 is 0.974 bits per heavy atom. The zero-order valence-electron chi connectivity index (χ0n) is 22.2. The molecule has 0 aromatic heterocycles. The van der Waals surface area contributed by atoms with Gasteiger partial charge in [0.2, 0.25) is 5.91 Å². The van der Waals surface area contributed by atoms with Crippen LogP contribution in [0.2, 0.25) is 0 Å². The minimum atomic E-state index is -0.492. The first-order chi connectivity index (χ1) is 19.0. The molecule has 0 saturated carbocycles. The van der Waals surface area contributed by atoms with Crippen LogP contribution in [0, 0.1) is 5.82 Å². The summed E-state index contributed by atoms with van der Waals surface area (Å²) >= 11 is 0. The van der Waals surface area contributed by atoms with Gasteiger partial charge in [-0.2, -0.15) is 0 Å². The average Bonchev–Trinajstić information content (AvgIpc) is 3.51. The monoisotopic (exact) mass is 530 g/mol. The predicted octanol–water partition coefficient (Wildman–Crippen LogP) is 5.30. The zero-order valence-corrected chi connectivity index (χ0v) is 22.2. The maximum atomic E-state index is 13.6. The third-order valence-electron chi connectivity index (χ3n) is 8.62. The number of hydrogen-bond donors (Lipinski definition) is 2. The van der Waals surface area contributed by atoms with Crippen molar-refractivity contribution in [1.82, 2.24) is 15.1 Å². The van der Waals surface area contributed by atoms with Crippen molar-refractivity contribution in [2.75, 3.05) is 19.0 Å². The highest BCUT2D eigenvalue weighted by Gasteiger charge is 2.42. The summed E-state index contributed by atoms with van der Waals surface area (Å²) in [6.07, 6.45) is 5.53. The Morgan fingerprint density at radius 3 is 2.51 bits per heavy atom.